The van der Waals surface area contributed by atoms with Crippen LogP contribution >= 0.6 is 24.0 Å². The average Bonchev–Trinajstić information content (AvgIpc) is 2.13. The Morgan fingerprint density at radius 3 is 2.67 bits per heavy atom. The van der Waals surface area contributed by atoms with Crippen LogP contribution in [0.2, 0.25) is 0 Å². The number of thiophene rings is 1. The van der Waals surface area contributed by atoms with Gasteiger partial charge < -0.3 is 5.11 Å². The van der Waals surface area contributed by atoms with Crippen LogP contribution in [-0.2, 0) is 0 Å². The van der Waals surface area contributed by atoms with Gasteiger partial charge in [-0.05, 0) is 11.4 Å². The fourth-order valence-electron chi connectivity index (χ4n) is 0.518. The van der Waals surface area contributed by atoms with Crippen LogP contribution in [0.25, 0.3) is 4.91 Å². The summed E-state index contributed by atoms with van der Waals surface area (Å²) in [5, 5.41) is 10.8. The molecule has 9 heavy (non-hydrogen) atoms. The molecule has 0 bridgehead atoms. The lowest BCUT2D eigenvalue weighted by molar-refractivity contribution is 0.477. The Hall–Kier alpha value is -0.410. The first-order valence-electron chi connectivity index (χ1n) is 2.36. The molecule has 0 aliphatic carbocycles. The van der Waals surface area contributed by atoms with Crippen LogP contribution in [0.1, 0.15) is 4.88 Å². The Morgan fingerprint density at radius 1 is 1.78 bits per heavy atom. The minimum Gasteiger partial charge on any atom is -0.506 e. The van der Waals surface area contributed by atoms with Crippen molar-refractivity contribution in [3.63, 3.8) is 0 Å². The van der Waals surface area contributed by atoms with Gasteiger partial charge in [0.2, 0.25) is 0 Å². The summed E-state index contributed by atoms with van der Waals surface area (Å²) in [4.78, 5) is 1.36. The molecule has 0 saturated heterocycles. The summed E-state index contributed by atoms with van der Waals surface area (Å²) < 4.78 is 0. The molecule has 1 N–H and O–H groups in total. The molecule has 1 heterocycles. The van der Waals surface area contributed by atoms with Crippen molar-refractivity contribution in [2.24, 2.45) is 0 Å². The third-order valence-electron chi connectivity index (χ3n) is 0.907. The lowest BCUT2D eigenvalue weighted by Crippen LogP contribution is -1.63. The van der Waals surface area contributed by atoms with Crippen molar-refractivity contribution in [3.05, 3.63) is 22.9 Å². The highest BCUT2D eigenvalue weighted by atomic mass is 32.1. The van der Waals surface area contributed by atoms with E-state index >= 15 is 0 Å². The smallest absolute Gasteiger partial charge is 0.134 e. The SMILES string of the molecule is C=C(S)c1sccc1O. The van der Waals surface area contributed by atoms with Gasteiger partial charge in [0.1, 0.15) is 5.75 Å². The van der Waals surface area contributed by atoms with Gasteiger partial charge in [0.15, 0.2) is 0 Å². The van der Waals surface area contributed by atoms with E-state index in [1.807, 2.05) is 0 Å². The maximum atomic E-state index is 9.02. The highest BCUT2D eigenvalue weighted by Gasteiger charge is 2.01. The molecule has 0 aromatic carbocycles. The van der Waals surface area contributed by atoms with Crippen LogP contribution in [0.5, 0.6) is 5.75 Å². The second-order valence-corrected chi connectivity index (χ2v) is 3.04. The van der Waals surface area contributed by atoms with Gasteiger partial charge >= 0.3 is 0 Å². The van der Waals surface area contributed by atoms with Crippen molar-refractivity contribution in [2.75, 3.05) is 0 Å². The molecule has 3 heteroatoms. The molecule has 48 valence electrons. The van der Waals surface area contributed by atoms with Gasteiger partial charge in [0.25, 0.3) is 0 Å². The van der Waals surface area contributed by atoms with Gasteiger partial charge in [-0.25, -0.2) is 0 Å². The average molecular weight is 158 g/mol. The molecular weight excluding hydrogens is 152 g/mol. The van der Waals surface area contributed by atoms with Crippen molar-refractivity contribution in [1.82, 2.24) is 0 Å². The van der Waals surface area contributed by atoms with Crippen molar-refractivity contribution in [3.8, 4) is 5.75 Å². The molecule has 0 aliphatic rings. The van der Waals surface area contributed by atoms with E-state index in [4.69, 9.17) is 5.11 Å². The van der Waals surface area contributed by atoms with Crippen LogP contribution in [0.15, 0.2) is 18.0 Å². The molecule has 0 aliphatic heterocycles. The molecule has 1 rings (SSSR count). The summed E-state index contributed by atoms with van der Waals surface area (Å²) in [5.41, 5.74) is 0. The molecule has 0 spiro atoms. The zero-order valence-electron chi connectivity index (χ0n) is 4.66. The Bertz CT molecular complexity index is 227. The first kappa shape index (κ1) is 6.71. The van der Waals surface area contributed by atoms with Gasteiger partial charge in [0.05, 0.1) is 4.88 Å². The zero-order valence-corrected chi connectivity index (χ0v) is 6.38. The van der Waals surface area contributed by atoms with Gasteiger partial charge in [-0.3, -0.25) is 0 Å². The third kappa shape index (κ3) is 1.28. The second kappa shape index (κ2) is 2.45. The highest BCUT2D eigenvalue weighted by Crippen LogP contribution is 2.30. The quantitative estimate of drug-likeness (QED) is 0.601. The molecule has 0 unspecified atom stereocenters. The third-order valence-corrected chi connectivity index (χ3v) is 2.24. The first-order valence-corrected chi connectivity index (χ1v) is 3.69. The molecule has 1 aromatic heterocycles. The number of thiol groups is 1. The van der Waals surface area contributed by atoms with Crippen LogP contribution in [-0.4, -0.2) is 5.11 Å². The number of hydrogen-bond acceptors (Lipinski definition) is 3. The fourth-order valence-corrected chi connectivity index (χ4v) is 1.45. The van der Waals surface area contributed by atoms with Crippen LogP contribution in [0.4, 0.5) is 0 Å². The maximum Gasteiger partial charge on any atom is 0.134 e. The molecule has 0 radical (unpaired) electrons. The Balaban J connectivity index is 3.08. The topological polar surface area (TPSA) is 20.2 Å². The molecule has 1 aromatic rings. The zero-order chi connectivity index (χ0) is 6.85. The lowest BCUT2D eigenvalue weighted by Gasteiger charge is -1.91. The minimum absolute atomic E-state index is 0.264. The van der Waals surface area contributed by atoms with Gasteiger partial charge in [-0.15, -0.1) is 24.0 Å². The highest BCUT2D eigenvalue weighted by molar-refractivity contribution is 7.90. The molecule has 1 nitrogen and oxygen atoms in total. The monoisotopic (exact) mass is 158 g/mol. The molecule has 0 amide bonds. The molecule has 0 atom stereocenters. The van der Waals surface area contributed by atoms with Crippen molar-refractivity contribution in [1.29, 1.82) is 0 Å². The summed E-state index contributed by atoms with van der Waals surface area (Å²) in [6, 6.07) is 1.63. The number of aromatic hydroxyl groups is 1. The predicted octanol–water partition coefficient (Wildman–Crippen LogP) is 2.35. The van der Waals surface area contributed by atoms with Crippen LogP contribution < -0.4 is 0 Å². The van der Waals surface area contributed by atoms with E-state index in [1.54, 1.807) is 11.4 Å². The Morgan fingerprint density at radius 2 is 2.44 bits per heavy atom. The van der Waals surface area contributed by atoms with Crippen molar-refractivity contribution < 1.29 is 5.11 Å². The van der Waals surface area contributed by atoms with Gasteiger partial charge in [-0.2, -0.15) is 0 Å². The Labute approximate surface area is 63.1 Å². The van der Waals surface area contributed by atoms with Crippen molar-refractivity contribution in [2.45, 2.75) is 0 Å². The van der Waals surface area contributed by atoms with E-state index in [-0.39, 0.29) is 5.75 Å². The fraction of sp³-hybridized carbons (Fsp3) is 0. The van der Waals surface area contributed by atoms with Gasteiger partial charge in [-0.1, -0.05) is 6.58 Å². The van der Waals surface area contributed by atoms with E-state index < -0.39 is 0 Å². The summed E-state index contributed by atoms with van der Waals surface area (Å²) in [5.74, 6) is 0.264. The minimum atomic E-state index is 0.264. The predicted molar refractivity (Wildman–Crippen MR) is 44.0 cm³/mol. The second-order valence-electron chi connectivity index (χ2n) is 1.58. The van der Waals surface area contributed by atoms with E-state index in [0.29, 0.717) is 4.91 Å². The van der Waals surface area contributed by atoms with Gasteiger partial charge in [0, 0.05) is 4.91 Å². The molecule has 0 fully saturated rings. The van der Waals surface area contributed by atoms with Crippen molar-refractivity contribution >= 4 is 28.9 Å². The van der Waals surface area contributed by atoms with E-state index in [2.05, 4.69) is 19.2 Å². The first-order chi connectivity index (χ1) is 4.22. The summed E-state index contributed by atoms with van der Waals surface area (Å²) in [6.45, 7) is 3.57. The maximum absolute atomic E-state index is 9.02. The number of rotatable bonds is 1. The van der Waals surface area contributed by atoms with Crippen LogP contribution in [0, 0.1) is 0 Å². The standard InChI is InChI=1S/C6H6OS2/c1-4(8)6-5(7)2-3-9-6/h2-3,7-8H,1H2. The summed E-state index contributed by atoms with van der Waals surface area (Å²) >= 11 is 5.41. The van der Waals surface area contributed by atoms with Crippen LogP contribution in [0.3, 0.4) is 0 Å². The number of hydrogen-bond donors (Lipinski definition) is 2. The summed E-state index contributed by atoms with van der Waals surface area (Å²) in [6.07, 6.45) is 0. The Kier molecular flexibility index (Phi) is 1.83. The normalized spacial score (nSPS) is 9.44. The molecule has 0 saturated carbocycles. The summed E-state index contributed by atoms with van der Waals surface area (Å²) in [7, 11) is 0. The van der Waals surface area contributed by atoms with E-state index in [1.165, 1.54) is 11.3 Å². The van der Waals surface area contributed by atoms with E-state index in [9.17, 15) is 0 Å². The lowest BCUT2D eigenvalue weighted by atomic mass is 10.4. The molecular formula is C6H6OS2. The van der Waals surface area contributed by atoms with E-state index in [0.717, 1.165) is 4.88 Å². The largest absolute Gasteiger partial charge is 0.506 e.